The molecule has 0 amide bonds. The minimum Gasteiger partial charge on any atom is -0.496 e. The number of nitrogens with zero attached hydrogens (tertiary/aromatic N) is 3. The molecule has 0 atom stereocenters. The highest BCUT2D eigenvalue weighted by Crippen LogP contribution is 2.35. The largest absolute Gasteiger partial charge is 0.496 e. The number of hydrogen-bond donors (Lipinski definition) is 1. The second kappa shape index (κ2) is 7.65. The Morgan fingerprint density at radius 3 is 2.58 bits per heavy atom. The van der Waals surface area contributed by atoms with Gasteiger partial charge in [-0.3, -0.25) is 4.68 Å². The van der Waals surface area contributed by atoms with Crippen LogP contribution in [-0.4, -0.2) is 23.1 Å². The molecule has 5 nitrogen and oxygen atoms in total. The van der Waals surface area contributed by atoms with E-state index in [-0.39, 0.29) is 6.54 Å². The molecule has 0 unspecified atom stereocenters. The molecule has 0 aliphatic rings. The van der Waals surface area contributed by atoms with E-state index in [9.17, 15) is 17.6 Å². The van der Waals surface area contributed by atoms with Crippen molar-refractivity contribution in [1.82, 2.24) is 9.78 Å². The third-order valence-electron chi connectivity index (χ3n) is 3.22. The van der Waals surface area contributed by atoms with Crippen LogP contribution < -0.4 is 10.6 Å². The predicted molar refractivity (Wildman–Crippen MR) is 83.7 cm³/mol. The molecular weight excluding hydrogens is 396 g/mol. The standard InChI is InChI=1S/C14H13BrF4N4O/c1-24-9-3-2-7(5-21-20)4-8(9)6-23-12(14(18)19)10(15)11(22-23)13(16)17/h2-5,13-14H,6,20H2,1H3. The van der Waals surface area contributed by atoms with Gasteiger partial charge in [0.25, 0.3) is 12.9 Å². The van der Waals surface area contributed by atoms with Gasteiger partial charge in [-0.1, -0.05) is 0 Å². The highest BCUT2D eigenvalue weighted by atomic mass is 79.9. The van der Waals surface area contributed by atoms with Crippen molar-refractivity contribution in [3.05, 3.63) is 45.2 Å². The smallest absolute Gasteiger partial charge is 0.283 e. The van der Waals surface area contributed by atoms with Crippen LogP contribution in [0, 0.1) is 0 Å². The molecule has 0 aliphatic carbocycles. The van der Waals surface area contributed by atoms with Gasteiger partial charge in [0.15, 0.2) is 0 Å². The third kappa shape index (κ3) is 3.69. The molecule has 0 fully saturated rings. The summed E-state index contributed by atoms with van der Waals surface area (Å²) >= 11 is 2.78. The Balaban J connectivity index is 2.51. The Hall–Kier alpha value is -2.10. The minimum absolute atomic E-state index is 0.180. The fourth-order valence-corrected chi connectivity index (χ4v) is 2.82. The van der Waals surface area contributed by atoms with E-state index in [1.165, 1.54) is 13.3 Å². The average Bonchev–Trinajstić information content (AvgIpc) is 2.84. The van der Waals surface area contributed by atoms with Crippen LogP contribution in [0.1, 0.15) is 35.4 Å². The van der Waals surface area contributed by atoms with Crippen molar-refractivity contribution in [2.45, 2.75) is 19.4 Å². The molecule has 0 radical (unpaired) electrons. The van der Waals surface area contributed by atoms with Crippen molar-refractivity contribution in [3.8, 4) is 5.75 Å². The van der Waals surface area contributed by atoms with E-state index in [4.69, 9.17) is 10.6 Å². The number of methoxy groups -OCH3 is 1. The minimum atomic E-state index is -2.98. The van der Waals surface area contributed by atoms with E-state index >= 15 is 0 Å². The van der Waals surface area contributed by atoms with Crippen LogP contribution in [0.3, 0.4) is 0 Å². The van der Waals surface area contributed by atoms with E-state index in [1.807, 2.05) is 0 Å². The molecule has 0 saturated heterocycles. The highest BCUT2D eigenvalue weighted by Gasteiger charge is 2.27. The summed E-state index contributed by atoms with van der Waals surface area (Å²) in [6.07, 6.45) is -4.59. The molecule has 1 heterocycles. The molecule has 0 spiro atoms. The number of nitrogens with two attached hydrogens (primary N) is 1. The van der Waals surface area contributed by atoms with Gasteiger partial charge in [0.05, 0.1) is 24.3 Å². The highest BCUT2D eigenvalue weighted by molar-refractivity contribution is 9.10. The fraction of sp³-hybridized carbons (Fsp3) is 0.286. The summed E-state index contributed by atoms with van der Waals surface area (Å²) < 4.78 is 57.9. The molecule has 130 valence electrons. The van der Waals surface area contributed by atoms with Crippen LogP contribution in [-0.2, 0) is 6.54 Å². The maximum atomic E-state index is 13.2. The summed E-state index contributed by atoms with van der Waals surface area (Å²) in [6, 6.07) is 4.86. The topological polar surface area (TPSA) is 65.4 Å². The van der Waals surface area contributed by atoms with Gasteiger partial charge in [-0.2, -0.15) is 10.2 Å². The van der Waals surface area contributed by atoms with Gasteiger partial charge in [-0.25, -0.2) is 17.6 Å². The van der Waals surface area contributed by atoms with Gasteiger partial charge >= 0.3 is 0 Å². The lowest BCUT2D eigenvalue weighted by atomic mass is 10.1. The first-order valence-corrected chi connectivity index (χ1v) is 7.40. The van der Waals surface area contributed by atoms with Crippen molar-refractivity contribution in [1.29, 1.82) is 0 Å². The predicted octanol–water partition coefficient (Wildman–Crippen LogP) is 3.87. The number of hydrazone groups is 1. The van der Waals surface area contributed by atoms with E-state index in [0.717, 1.165) is 4.68 Å². The molecule has 0 bridgehead atoms. The zero-order valence-electron chi connectivity index (χ0n) is 12.4. The fourth-order valence-electron chi connectivity index (χ4n) is 2.19. The Kier molecular flexibility index (Phi) is 5.81. The Morgan fingerprint density at radius 1 is 1.33 bits per heavy atom. The Labute approximate surface area is 143 Å². The zero-order valence-corrected chi connectivity index (χ0v) is 14.0. The van der Waals surface area contributed by atoms with Crippen LogP contribution in [0.2, 0.25) is 0 Å². The van der Waals surface area contributed by atoms with E-state index in [0.29, 0.717) is 16.9 Å². The number of hydrogen-bond acceptors (Lipinski definition) is 4. The molecule has 2 N–H and O–H groups in total. The van der Waals surface area contributed by atoms with Crippen molar-refractivity contribution in [3.63, 3.8) is 0 Å². The number of benzene rings is 1. The van der Waals surface area contributed by atoms with E-state index in [2.05, 4.69) is 26.1 Å². The summed E-state index contributed by atoms with van der Waals surface area (Å²) in [5.41, 5.74) is -0.283. The van der Waals surface area contributed by atoms with Crippen molar-refractivity contribution >= 4 is 22.1 Å². The van der Waals surface area contributed by atoms with Gasteiger partial charge in [0.2, 0.25) is 0 Å². The van der Waals surface area contributed by atoms with Crippen molar-refractivity contribution < 1.29 is 22.3 Å². The molecule has 2 aromatic rings. The second-order valence-electron chi connectivity index (χ2n) is 4.69. The lowest BCUT2D eigenvalue weighted by Crippen LogP contribution is -2.09. The molecule has 0 aliphatic heterocycles. The molecule has 1 aromatic heterocycles. The Morgan fingerprint density at radius 2 is 2.04 bits per heavy atom. The molecule has 1 aromatic carbocycles. The first-order chi connectivity index (χ1) is 11.4. The zero-order chi connectivity index (χ0) is 17.9. The van der Waals surface area contributed by atoms with Crippen LogP contribution >= 0.6 is 15.9 Å². The summed E-state index contributed by atoms with van der Waals surface area (Å²) in [4.78, 5) is 0. The summed E-state index contributed by atoms with van der Waals surface area (Å²) in [7, 11) is 1.41. The Bertz CT molecular complexity index is 749. The number of alkyl halides is 4. The van der Waals surface area contributed by atoms with Crippen molar-refractivity contribution in [2.24, 2.45) is 10.9 Å². The summed E-state index contributed by atoms with van der Waals surface area (Å²) in [6.45, 7) is -0.180. The average molecular weight is 409 g/mol. The quantitative estimate of drug-likeness (QED) is 0.341. The molecule has 0 saturated carbocycles. The van der Waals surface area contributed by atoms with Crippen LogP contribution in [0.15, 0.2) is 27.8 Å². The lowest BCUT2D eigenvalue weighted by Gasteiger charge is -2.12. The van der Waals surface area contributed by atoms with Gasteiger partial charge in [0, 0.05) is 5.56 Å². The van der Waals surface area contributed by atoms with E-state index < -0.39 is 28.7 Å². The monoisotopic (exact) mass is 408 g/mol. The molecule has 2 rings (SSSR count). The normalized spacial score (nSPS) is 11.8. The molecular formula is C14H13BrF4N4O. The molecule has 10 heteroatoms. The van der Waals surface area contributed by atoms with Gasteiger partial charge < -0.3 is 10.6 Å². The third-order valence-corrected chi connectivity index (χ3v) is 4.03. The number of aromatic nitrogens is 2. The number of halogens is 5. The maximum Gasteiger partial charge on any atom is 0.283 e. The van der Waals surface area contributed by atoms with Crippen LogP contribution in [0.4, 0.5) is 17.6 Å². The van der Waals surface area contributed by atoms with Gasteiger partial charge in [-0.05, 0) is 39.7 Å². The van der Waals surface area contributed by atoms with E-state index in [1.54, 1.807) is 18.2 Å². The number of rotatable bonds is 6. The maximum absolute atomic E-state index is 13.2. The lowest BCUT2D eigenvalue weighted by molar-refractivity contribution is 0.139. The van der Waals surface area contributed by atoms with Gasteiger partial charge in [0.1, 0.15) is 17.1 Å². The summed E-state index contributed by atoms with van der Waals surface area (Å²) in [5, 5.41) is 6.98. The SMILES string of the molecule is COc1ccc(C=NN)cc1Cn1nc(C(F)F)c(Br)c1C(F)F. The molecule has 24 heavy (non-hydrogen) atoms. The van der Waals surface area contributed by atoms with Gasteiger partial charge in [-0.15, -0.1) is 0 Å². The first kappa shape index (κ1) is 18.2. The van der Waals surface area contributed by atoms with Crippen molar-refractivity contribution in [2.75, 3.05) is 7.11 Å². The van der Waals surface area contributed by atoms with Crippen LogP contribution in [0.5, 0.6) is 5.75 Å². The second-order valence-corrected chi connectivity index (χ2v) is 5.49. The summed E-state index contributed by atoms with van der Waals surface area (Å²) in [5.74, 6) is 5.48. The van der Waals surface area contributed by atoms with Crippen LogP contribution in [0.25, 0.3) is 0 Å². The number of ether oxygens (including phenoxy) is 1. The first-order valence-electron chi connectivity index (χ1n) is 6.61.